The van der Waals surface area contributed by atoms with Crippen LogP contribution in [0.2, 0.25) is 0 Å². The van der Waals surface area contributed by atoms with Gasteiger partial charge in [0.05, 0.1) is 0 Å². The minimum absolute atomic E-state index is 0.191. The molecule has 3 N–H and O–H groups in total. The summed E-state index contributed by atoms with van der Waals surface area (Å²) in [6, 6.07) is 0. The van der Waals surface area contributed by atoms with Crippen molar-refractivity contribution in [2.45, 2.75) is 18.9 Å². The molecule has 1 fully saturated rings. The molecule has 0 radical (unpaired) electrons. The number of hydrogen-bond acceptors (Lipinski definition) is 4. The van der Waals surface area contributed by atoms with E-state index in [1.54, 1.807) is 6.92 Å². The first-order valence-corrected chi connectivity index (χ1v) is 3.96. The van der Waals surface area contributed by atoms with Crippen molar-refractivity contribution in [3.8, 4) is 0 Å². The molecule has 0 spiro atoms. The third-order valence-electron chi connectivity index (χ3n) is 1.02. The van der Waals surface area contributed by atoms with Gasteiger partial charge in [-0.2, -0.15) is 14.7 Å². The van der Waals surface area contributed by atoms with E-state index in [1.165, 1.54) is 0 Å². The maximum atomic E-state index is 8.43. The Labute approximate surface area is 47.3 Å². The van der Waals surface area contributed by atoms with Gasteiger partial charge in [0.25, 0.3) is 5.85 Å². The molecule has 0 saturated carbocycles. The van der Waals surface area contributed by atoms with Crippen LogP contribution in [0.1, 0.15) is 6.92 Å². The van der Waals surface area contributed by atoms with Gasteiger partial charge in [0, 0.05) is 0 Å². The van der Waals surface area contributed by atoms with Crippen molar-refractivity contribution in [2.24, 2.45) is 0 Å². The Morgan fingerprint density at radius 1 is 1.38 bits per heavy atom. The Hall–Kier alpha value is 0.270. The van der Waals surface area contributed by atoms with Gasteiger partial charge in [-0.25, -0.2) is 0 Å². The van der Waals surface area contributed by atoms with E-state index in [9.17, 15) is 0 Å². The standard InChI is InChI=1S/C3H8O4P/c1-2-3(7-2)8(4,5)6/h2-6H,1H3/q+1. The third-order valence-corrected chi connectivity index (χ3v) is 2.24. The molecule has 5 heteroatoms. The molecular formula is C3H8O4P+. The minimum atomic E-state index is -3.65. The van der Waals surface area contributed by atoms with Gasteiger partial charge in [-0.05, 0) is 6.92 Å². The van der Waals surface area contributed by atoms with E-state index < -0.39 is 13.8 Å². The molecule has 2 unspecified atom stereocenters. The zero-order valence-electron chi connectivity index (χ0n) is 4.35. The molecule has 1 rings (SSSR count). The van der Waals surface area contributed by atoms with E-state index in [0.29, 0.717) is 0 Å². The summed E-state index contributed by atoms with van der Waals surface area (Å²) in [5.74, 6) is -0.706. The van der Waals surface area contributed by atoms with E-state index in [4.69, 9.17) is 14.7 Å². The zero-order chi connectivity index (χ0) is 6.36. The third kappa shape index (κ3) is 1.16. The summed E-state index contributed by atoms with van der Waals surface area (Å²) in [6.45, 7) is 1.67. The summed E-state index contributed by atoms with van der Waals surface area (Å²) < 4.78 is 4.58. The van der Waals surface area contributed by atoms with Gasteiger partial charge in [0.15, 0.2) is 0 Å². The number of rotatable bonds is 1. The average Bonchev–Trinajstić information content (AvgIpc) is 2.13. The van der Waals surface area contributed by atoms with Crippen LogP contribution in [0.3, 0.4) is 0 Å². The molecule has 0 bridgehead atoms. The lowest BCUT2D eigenvalue weighted by Crippen LogP contribution is -1.97. The molecule has 0 amide bonds. The van der Waals surface area contributed by atoms with Crippen molar-refractivity contribution in [2.75, 3.05) is 0 Å². The highest BCUT2D eigenvalue weighted by molar-refractivity contribution is 7.59. The lowest BCUT2D eigenvalue weighted by molar-refractivity contribution is 0.297. The van der Waals surface area contributed by atoms with Crippen LogP contribution in [0.25, 0.3) is 0 Å². The summed E-state index contributed by atoms with van der Waals surface area (Å²) in [5.41, 5.74) is 0. The maximum absolute atomic E-state index is 8.43. The number of ether oxygens (including phenoxy) is 1. The second-order valence-electron chi connectivity index (χ2n) is 1.85. The maximum Gasteiger partial charge on any atom is 0.437 e. The van der Waals surface area contributed by atoms with Crippen LogP contribution in [-0.4, -0.2) is 26.6 Å². The first-order chi connectivity index (χ1) is 3.52. The quantitative estimate of drug-likeness (QED) is 0.337. The van der Waals surface area contributed by atoms with Crippen LogP contribution in [0, 0.1) is 0 Å². The number of hydrogen-bond donors (Lipinski definition) is 3. The highest BCUT2D eigenvalue weighted by Crippen LogP contribution is 2.59. The molecule has 0 aromatic rings. The fourth-order valence-electron chi connectivity index (χ4n) is 0.538. The molecule has 1 aliphatic heterocycles. The summed E-state index contributed by atoms with van der Waals surface area (Å²) >= 11 is 0. The van der Waals surface area contributed by atoms with Crippen molar-refractivity contribution >= 4 is 7.94 Å². The first kappa shape index (κ1) is 6.39. The van der Waals surface area contributed by atoms with Crippen molar-refractivity contribution in [1.29, 1.82) is 0 Å². The summed E-state index contributed by atoms with van der Waals surface area (Å²) in [6.07, 6.45) is -0.191. The Balaban J connectivity index is 2.39. The molecule has 1 heterocycles. The van der Waals surface area contributed by atoms with Crippen molar-refractivity contribution in [3.05, 3.63) is 0 Å². The fourth-order valence-corrected chi connectivity index (χ4v) is 1.46. The summed E-state index contributed by atoms with van der Waals surface area (Å²) in [7, 11) is -3.65. The van der Waals surface area contributed by atoms with E-state index in [1.807, 2.05) is 0 Å². The minimum Gasteiger partial charge on any atom is -0.325 e. The second-order valence-corrected chi connectivity index (χ2v) is 3.58. The predicted octanol–water partition coefficient (Wildman–Crippen LogP) is -0.529. The van der Waals surface area contributed by atoms with Crippen LogP contribution in [0.4, 0.5) is 0 Å². The smallest absolute Gasteiger partial charge is 0.325 e. The molecule has 1 aliphatic rings. The van der Waals surface area contributed by atoms with E-state index >= 15 is 0 Å². The topological polar surface area (TPSA) is 73.2 Å². The van der Waals surface area contributed by atoms with Crippen LogP contribution in [0.15, 0.2) is 0 Å². The van der Waals surface area contributed by atoms with Crippen molar-refractivity contribution < 1.29 is 19.4 Å². The van der Waals surface area contributed by atoms with Crippen LogP contribution >= 0.6 is 7.94 Å². The largest absolute Gasteiger partial charge is 0.437 e. The molecule has 0 aliphatic carbocycles. The summed E-state index contributed by atoms with van der Waals surface area (Å²) in [4.78, 5) is 25.3. The Morgan fingerprint density at radius 3 is 1.75 bits per heavy atom. The summed E-state index contributed by atoms with van der Waals surface area (Å²) in [5, 5.41) is 0. The highest BCUT2D eigenvalue weighted by Gasteiger charge is 2.59. The van der Waals surface area contributed by atoms with Gasteiger partial charge in [0.1, 0.15) is 6.10 Å². The van der Waals surface area contributed by atoms with Gasteiger partial charge in [-0.1, -0.05) is 0 Å². The van der Waals surface area contributed by atoms with Crippen LogP contribution in [-0.2, 0) is 4.74 Å². The second kappa shape index (κ2) is 1.62. The SMILES string of the molecule is CC1OC1[P+](O)(O)O. The zero-order valence-corrected chi connectivity index (χ0v) is 5.25. The normalized spacial score (nSPS) is 37.5. The van der Waals surface area contributed by atoms with Crippen LogP contribution in [0.5, 0.6) is 0 Å². The lowest BCUT2D eigenvalue weighted by Gasteiger charge is -1.95. The number of epoxide rings is 1. The molecule has 0 aromatic carbocycles. The van der Waals surface area contributed by atoms with Gasteiger partial charge in [0.2, 0.25) is 0 Å². The molecule has 4 nitrogen and oxygen atoms in total. The van der Waals surface area contributed by atoms with Gasteiger partial charge in [-0.3, -0.25) is 0 Å². The molecule has 2 atom stereocenters. The fraction of sp³-hybridized carbons (Fsp3) is 1.00. The van der Waals surface area contributed by atoms with Gasteiger partial charge >= 0.3 is 7.94 Å². The lowest BCUT2D eigenvalue weighted by atomic mass is 10.6. The van der Waals surface area contributed by atoms with E-state index in [-0.39, 0.29) is 6.10 Å². The molecule has 1 saturated heterocycles. The highest BCUT2D eigenvalue weighted by atomic mass is 31.2. The van der Waals surface area contributed by atoms with Crippen molar-refractivity contribution in [3.63, 3.8) is 0 Å². The van der Waals surface area contributed by atoms with E-state index in [2.05, 4.69) is 4.74 Å². The molecule has 48 valence electrons. The molecule has 0 aromatic heterocycles. The Kier molecular flexibility index (Phi) is 1.30. The van der Waals surface area contributed by atoms with Crippen LogP contribution < -0.4 is 0 Å². The van der Waals surface area contributed by atoms with E-state index in [0.717, 1.165) is 0 Å². The molecule has 8 heavy (non-hydrogen) atoms. The first-order valence-electron chi connectivity index (χ1n) is 2.24. The predicted molar refractivity (Wildman–Crippen MR) is 27.9 cm³/mol. The average molecular weight is 139 g/mol. The van der Waals surface area contributed by atoms with Gasteiger partial charge in [-0.15, -0.1) is 0 Å². The molecular weight excluding hydrogens is 131 g/mol. The Morgan fingerprint density at radius 2 is 1.75 bits per heavy atom. The Bertz CT molecular complexity index is 97.9. The monoisotopic (exact) mass is 139 g/mol. The van der Waals surface area contributed by atoms with Gasteiger partial charge < -0.3 is 4.74 Å². The van der Waals surface area contributed by atoms with Crippen molar-refractivity contribution in [1.82, 2.24) is 0 Å².